The van der Waals surface area contributed by atoms with Crippen molar-refractivity contribution in [2.45, 2.75) is 10.1 Å². The zero-order valence-electron chi connectivity index (χ0n) is 16.3. The molecule has 0 aliphatic heterocycles. The summed E-state index contributed by atoms with van der Waals surface area (Å²) in [5.41, 5.74) is 1.88. The van der Waals surface area contributed by atoms with E-state index in [1.165, 1.54) is 6.20 Å². The second-order valence-corrected chi connectivity index (χ2v) is 8.92. The molecule has 6 nitrogen and oxygen atoms in total. The number of hydrogen-bond donors (Lipinski definition) is 1. The molecule has 3 rings (SSSR count). The van der Waals surface area contributed by atoms with E-state index in [9.17, 15) is 13.2 Å². The highest BCUT2D eigenvalue weighted by Gasteiger charge is 2.29. The highest BCUT2D eigenvalue weighted by molar-refractivity contribution is 7.91. The van der Waals surface area contributed by atoms with Crippen LogP contribution in [0.4, 0.5) is 5.69 Å². The highest BCUT2D eigenvalue weighted by atomic mass is 32.2. The standard InChI is InChI=1S/C22H23N3O3S/c1-25(2)19-10-6-8-17(14-19)22(26)24-16-21(18-9-7-13-23-15-18)29(27,28)20-11-4-3-5-12-20/h3-15,21H,16H2,1-2H3,(H,24,26)/t21-/m0/s1. The molecule has 0 fully saturated rings. The zero-order valence-corrected chi connectivity index (χ0v) is 17.1. The molecule has 0 unspecified atom stereocenters. The molecule has 3 aromatic rings. The lowest BCUT2D eigenvalue weighted by Crippen LogP contribution is -2.32. The summed E-state index contributed by atoms with van der Waals surface area (Å²) < 4.78 is 26.5. The van der Waals surface area contributed by atoms with Crippen LogP contribution in [0.5, 0.6) is 0 Å². The Hall–Kier alpha value is -3.19. The van der Waals surface area contributed by atoms with E-state index in [0.29, 0.717) is 11.1 Å². The highest BCUT2D eigenvalue weighted by Crippen LogP contribution is 2.28. The van der Waals surface area contributed by atoms with Gasteiger partial charge in [0.2, 0.25) is 0 Å². The van der Waals surface area contributed by atoms with Gasteiger partial charge in [-0.05, 0) is 42.0 Å². The van der Waals surface area contributed by atoms with Gasteiger partial charge in [0.1, 0.15) is 5.25 Å². The SMILES string of the molecule is CN(C)c1cccc(C(=O)NC[C@@H](c2cccnc2)S(=O)(=O)c2ccccc2)c1. The molecule has 150 valence electrons. The molecule has 1 amide bonds. The molecular weight excluding hydrogens is 386 g/mol. The van der Waals surface area contributed by atoms with E-state index in [0.717, 1.165) is 5.69 Å². The maximum atomic E-state index is 13.2. The molecule has 0 radical (unpaired) electrons. The first-order chi connectivity index (χ1) is 13.9. The molecule has 29 heavy (non-hydrogen) atoms. The molecule has 1 heterocycles. The third kappa shape index (κ3) is 4.81. The second-order valence-electron chi connectivity index (χ2n) is 6.79. The summed E-state index contributed by atoms with van der Waals surface area (Å²) in [4.78, 5) is 18.8. The van der Waals surface area contributed by atoms with Crippen LogP contribution in [0.3, 0.4) is 0 Å². The molecule has 0 saturated heterocycles. The molecule has 1 aromatic heterocycles. The monoisotopic (exact) mass is 409 g/mol. The van der Waals surface area contributed by atoms with Crippen molar-refractivity contribution in [3.05, 3.63) is 90.3 Å². The lowest BCUT2D eigenvalue weighted by molar-refractivity contribution is 0.0953. The van der Waals surface area contributed by atoms with Crippen LogP contribution in [0.2, 0.25) is 0 Å². The first kappa shape index (κ1) is 20.5. The number of amides is 1. The van der Waals surface area contributed by atoms with Crippen molar-refractivity contribution in [2.24, 2.45) is 0 Å². The van der Waals surface area contributed by atoms with Crippen molar-refractivity contribution in [1.29, 1.82) is 0 Å². The van der Waals surface area contributed by atoms with E-state index in [4.69, 9.17) is 0 Å². The molecule has 1 atom stereocenters. The van der Waals surface area contributed by atoms with Gasteiger partial charge in [0.05, 0.1) is 4.90 Å². The number of pyridine rings is 1. The minimum absolute atomic E-state index is 0.0616. The number of rotatable bonds is 7. The predicted molar refractivity (Wildman–Crippen MR) is 114 cm³/mol. The number of carbonyl (C=O) groups is 1. The van der Waals surface area contributed by atoms with E-state index in [-0.39, 0.29) is 17.3 Å². The normalized spacial score (nSPS) is 12.2. The number of carbonyl (C=O) groups excluding carboxylic acids is 1. The summed E-state index contributed by atoms with van der Waals surface area (Å²) in [5, 5.41) is 1.83. The van der Waals surface area contributed by atoms with Gasteiger partial charge in [-0.25, -0.2) is 8.42 Å². The molecule has 0 aliphatic rings. The van der Waals surface area contributed by atoms with Crippen molar-refractivity contribution < 1.29 is 13.2 Å². The number of nitrogens with one attached hydrogen (secondary N) is 1. The topological polar surface area (TPSA) is 79.4 Å². The lowest BCUT2D eigenvalue weighted by atomic mass is 10.1. The van der Waals surface area contributed by atoms with Crippen LogP contribution in [0.1, 0.15) is 21.2 Å². The average molecular weight is 410 g/mol. The van der Waals surface area contributed by atoms with Gasteiger partial charge >= 0.3 is 0 Å². The predicted octanol–water partition coefficient (Wildman–Crippen LogP) is 3.09. The summed E-state index contributed by atoms with van der Waals surface area (Å²) >= 11 is 0. The van der Waals surface area contributed by atoms with Crippen molar-refractivity contribution in [2.75, 3.05) is 25.5 Å². The molecule has 0 aliphatic carbocycles. The van der Waals surface area contributed by atoms with Crippen molar-refractivity contribution >= 4 is 21.4 Å². The number of anilines is 1. The Morgan fingerprint density at radius 1 is 1.03 bits per heavy atom. The van der Waals surface area contributed by atoms with Gasteiger partial charge in [0, 0.05) is 44.3 Å². The average Bonchev–Trinajstić information content (AvgIpc) is 2.75. The van der Waals surface area contributed by atoms with Crippen molar-refractivity contribution in [1.82, 2.24) is 10.3 Å². The number of hydrogen-bond acceptors (Lipinski definition) is 5. The Balaban J connectivity index is 1.87. The molecule has 0 saturated carbocycles. The van der Waals surface area contributed by atoms with Crippen LogP contribution < -0.4 is 10.2 Å². The van der Waals surface area contributed by atoms with Crippen molar-refractivity contribution in [3.63, 3.8) is 0 Å². The maximum absolute atomic E-state index is 13.2. The van der Waals surface area contributed by atoms with Crippen LogP contribution >= 0.6 is 0 Å². The quantitative estimate of drug-likeness (QED) is 0.649. The van der Waals surface area contributed by atoms with E-state index in [2.05, 4.69) is 10.3 Å². The Kier molecular flexibility index (Phi) is 6.29. The van der Waals surface area contributed by atoms with E-state index in [1.54, 1.807) is 66.9 Å². The largest absolute Gasteiger partial charge is 0.378 e. The van der Waals surface area contributed by atoms with Crippen LogP contribution in [0, 0.1) is 0 Å². The molecule has 0 spiro atoms. The van der Waals surface area contributed by atoms with Gasteiger partial charge in [-0.15, -0.1) is 0 Å². The van der Waals surface area contributed by atoms with Crippen LogP contribution in [-0.4, -0.2) is 39.9 Å². The minimum Gasteiger partial charge on any atom is -0.378 e. The number of aromatic nitrogens is 1. The fourth-order valence-electron chi connectivity index (χ4n) is 2.96. The summed E-state index contributed by atoms with van der Waals surface area (Å²) in [6.07, 6.45) is 3.10. The third-order valence-corrected chi connectivity index (χ3v) is 6.69. The Bertz CT molecular complexity index is 1070. The number of sulfone groups is 1. The zero-order chi connectivity index (χ0) is 20.9. The maximum Gasteiger partial charge on any atom is 0.251 e. The van der Waals surface area contributed by atoms with Crippen molar-refractivity contribution in [3.8, 4) is 0 Å². The Morgan fingerprint density at radius 3 is 2.45 bits per heavy atom. The Morgan fingerprint density at radius 2 is 1.79 bits per heavy atom. The molecule has 7 heteroatoms. The van der Waals surface area contributed by atoms with E-state index in [1.807, 2.05) is 25.1 Å². The van der Waals surface area contributed by atoms with E-state index >= 15 is 0 Å². The molecule has 2 aromatic carbocycles. The Labute approximate surface area is 171 Å². The van der Waals surface area contributed by atoms with Gasteiger partial charge in [0.15, 0.2) is 9.84 Å². The molecular formula is C22H23N3O3S. The first-order valence-electron chi connectivity index (χ1n) is 9.14. The van der Waals surface area contributed by atoms with Gasteiger partial charge in [-0.3, -0.25) is 9.78 Å². The summed E-state index contributed by atoms with van der Waals surface area (Å²) in [6.45, 7) is -0.0616. The smallest absolute Gasteiger partial charge is 0.251 e. The van der Waals surface area contributed by atoms with Gasteiger partial charge in [-0.2, -0.15) is 0 Å². The second kappa shape index (κ2) is 8.87. The third-order valence-electron chi connectivity index (χ3n) is 4.58. The number of benzene rings is 2. The minimum atomic E-state index is -3.72. The van der Waals surface area contributed by atoms with E-state index < -0.39 is 15.1 Å². The van der Waals surface area contributed by atoms with Crippen LogP contribution in [-0.2, 0) is 9.84 Å². The molecule has 0 bridgehead atoms. The summed E-state index contributed by atoms with van der Waals surface area (Å²) in [5.74, 6) is -0.328. The van der Waals surface area contributed by atoms with Crippen LogP contribution in [0.25, 0.3) is 0 Å². The lowest BCUT2D eigenvalue weighted by Gasteiger charge is -2.19. The van der Waals surface area contributed by atoms with Crippen LogP contribution in [0.15, 0.2) is 84.0 Å². The number of nitrogens with zero attached hydrogens (tertiary/aromatic N) is 2. The van der Waals surface area contributed by atoms with Gasteiger partial charge in [-0.1, -0.05) is 30.3 Å². The molecule has 1 N–H and O–H groups in total. The van der Waals surface area contributed by atoms with Gasteiger partial charge < -0.3 is 10.2 Å². The fraction of sp³-hybridized carbons (Fsp3) is 0.182. The summed E-state index contributed by atoms with van der Waals surface area (Å²) in [6, 6.07) is 18.8. The first-order valence-corrected chi connectivity index (χ1v) is 10.7. The fourth-order valence-corrected chi connectivity index (χ4v) is 4.63. The summed E-state index contributed by atoms with van der Waals surface area (Å²) in [7, 11) is 0.0650. The van der Waals surface area contributed by atoms with Gasteiger partial charge in [0.25, 0.3) is 5.91 Å².